The number of hydrogen-bond acceptors (Lipinski definition) is 2. The molecular weight excluding hydrogens is 210 g/mol. The molecule has 0 radical (unpaired) electrons. The molecule has 0 aliphatic carbocycles. The maximum absolute atomic E-state index is 4.20. The number of rotatable bonds is 3. The number of nitrogens with zero attached hydrogens (tertiary/aromatic N) is 2. The summed E-state index contributed by atoms with van der Waals surface area (Å²) in [5.74, 6) is 0. The van der Waals surface area contributed by atoms with E-state index in [2.05, 4.69) is 49.4 Å². The lowest BCUT2D eigenvalue weighted by atomic mass is 10.1. The van der Waals surface area contributed by atoms with Crippen LogP contribution in [0.2, 0.25) is 0 Å². The quantitative estimate of drug-likeness (QED) is 0.875. The van der Waals surface area contributed by atoms with E-state index < -0.39 is 0 Å². The van der Waals surface area contributed by atoms with Crippen LogP contribution >= 0.6 is 0 Å². The van der Waals surface area contributed by atoms with Gasteiger partial charge in [0.15, 0.2) is 0 Å². The Bertz CT molecular complexity index is 514. The second kappa shape index (κ2) is 4.62. The molecule has 3 heteroatoms. The van der Waals surface area contributed by atoms with Crippen LogP contribution in [0.5, 0.6) is 0 Å². The van der Waals surface area contributed by atoms with E-state index in [-0.39, 0.29) is 6.04 Å². The van der Waals surface area contributed by atoms with Gasteiger partial charge in [0.1, 0.15) is 0 Å². The van der Waals surface area contributed by atoms with Gasteiger partial charge in [-0.3, -0.25) is 4.68 Å². The number of anilines is 1. The average molecular weight is 229 g/mol. The molecule has 1 aromatic carbocycles. The highest BCUT2D eigenvalue weighted by atomic mass is 15.2. The standard InChI is InChI=1S/C14H19N3/c1-10-5-6-11(2)14(7-10)16-12(3)13-8-15-17(4)9-13/h5-9,12,16H,1-4H3. The minimum absolute atomic E-state index is 0.268. The van der Waals surface area contributed by atoms with Gasteiger partial charge in [-0.2, -0.15) is 5.10 Å². The van der Waals surface area contributed by atoms with Crippen molar-refractivity contribution in [2.45, 2.75) is 26.8 Å². The van der Waals surface area contributed by atoms with Gasteiger partial charge in [-0.05, 0) is 38.0 Å². The van der Waals surface area contributed by atoms with E-state index in [4.69, 9.17) is 0 Å². The Kier molecular flexibility index (Phi) is 3.18. The topological polar surface area (TPSA) is 29.9 Å². The highest BCUT2D eigenvalue weighted by molar-refractivity contribution is 5.53. The van der Waals surface area contributed by atoms with Gasteiger partial charge in [-0.15, -0.1) is 0 Å². The van der Waals surface area contributed by atoms with Gasteiger partial charge in [0.2, 0.25) is 0 Å². The second-order valence-corrected chi connectivity index (χ2v) is 4.63. The van der Waals surface area contributed by atoms with E-state index >= 15 is 0 Å². The van der Waals surface area contributed by atoms with Crippen LogP contribution in [-0.2, 0) is 7.05 Å². The maximum Gasteiger partial charge on any atom is 0.0542 e. The summed E-state index contributed by atoms with van der Waals surface area (Å²) in [4.78, 5) is 0. The van der Waals surface area contributed by atoms with Crippen molar-refractivity contribution in [2.24, 2.45) is 7.05 Å². The third kappa shape index (κ3) is 2.67. The molecule has 0 amide bonds. The maximum atomic E-state index is 4.20. The minimum Gasteiger partial charge on any atom is -0.378 e. The van der Waals surface area contributed by atoms with E-state index in [1.54, 1.807) is 0 Å². The van der Waals surface area contributed by atoms with E-state index in [1.807, 2.05) is 24.1 Å². The van der Waals surface area contributed by atoms with Crippen molar-refractivity contribution in [1.82, 2.24) is 9.78 Å². The molecule has 0 saturated carbocycles. The molecule has 2 rings (SSSR count). The van der Waals surface area contributed by atoms with E-state index in [1.165, 1.54) is 22.4 Å². The molecule has 0 bridgehead atoms. The third-order valence-corrected chi connectivity index (χ3v) is 2.99. The lowest BCUT2D eigenvalue weighted by Gasteiger charge is -2.16. The Balaban J connectivity index is 2.18. The zero-order valence-electron chi connectivity index (χ0n) is 10.9. The molecule has 3 nitrogen and oxygen atoms in total. The summed E-state index contributed by atoms with van der Waals surface area (Å²) in [6.07, 6.45) is 3.95. The van der Waals surface area contributed by atoms with Gasteiger partial charge in [-0.25, -0.2) is 0 Å². The Morgan fingerprint density at radius 3 is 2.71 bits per heavy atom. The van der Waals surface area contributed by atoms with Gasteiger partial charge in [-0.1, -0.05) is 12.1 Å². The molecule has 0 aliphatic heterocycles. The third-order valence-electron chi connectivity index (χ3n) is 2.99. The van der Waals surface area contributed by atoms with Crippen molar-refractivity contribution >= 4 is 5.69 Å². The average Bonchev–Trinajstić information content (AvgIpc) is 2.70. The summed E-state index contributed by atoms with van der Waals surface area (Å²) in [5, 5.41) is 7.72. The summed E-state index contributed by atoms with van der Waals surface area (Å²) in [6, 6.07) is 6.73. The van der Waals surface area contributed by atoms with Gasteiger partial charge in [0.05, 0.1) is 12.2 Å². The smallest absolute Gasteiger partial charge is 0.0542 e. The molecule has 1 atom stereocenters. The molecule has 0 saturated heterocycles. The fourth-order valence-corrected chi connectivity index (χ4v) is 1.87. The minimum atomic E-state index is 0.268. The van der Waals surface area contributed by atoms with Crippen molar-refractivity contribution in [3.8, 4) is 0 Å². The molecule has 1 unspecified atom stereocenters. The van der Waals surface area contributed by atoms with E-state index in [0.717, 1.165) is 0 Å². The Hall–Kier alpha value is -1.77. The van der Waals surface area contributed by atoms with E-state index in [0.29, 0.717) is 0 Å². The van der Waals surface area contributed by atoms with Gasteiger partial charge >= 0.3 is 0 Å². The number of hydrogen-bond donors (Lipinski definition) is 1. The Morgan fingerprint density at radius 2 is 2.06 bits per heavy atom. The van der Waals surface area contributed by atoms with Crippen LogP contribution < -0.4 is 5.32 Å². The first-order valence-electron chi connectivity index (χ1n) is 5.88. The first-order valence-corrected chi connectivity index (χ1v) is 5.88. The van der Waals surface area contributed by atoms with Crippen molar-refractivity contribution in [2.75, 3.05) is 5.32 Å². The van der Waals surface area contributed by atoms with Crippen molar-refractivity contribution in [3.63, 3.8) is 0 Å². The molecule has 0 aliphatic rings. The summed E-state index contributed by atoms with van der Waals surface area (Å²) in [6.45, 7) is 6.38. The molecule has 0 spiro atoms. The van der Waals surface area contributed by atoms with Crippen LogP contribution in [0.3, 0.4) is 0 Å². The highest BCUT2D eigenvalue weighted by Gasteiger charge is 2.08. The second-order valence-electron chi connectivity index (χ2n) is 4.63. The van der Waals surface area contributed by atoms with Crippen molar-refractivity contribution in [3.05, 3.63) is 47.3 Å². The van der Waals surface area contributed by atoms with Crippen molar-refractivity contribution in [1.29, 1.82) is 0 Å². The summed E-state index contributed by atoms with van der Waals surface area (Å²) in [7, 11) is 1.94. The highest BCUT2D eigenvalue weighted by Crippen LogP contribution is 2.22. The lowest BCUT2D eigenvalue weighted by molar-refractivity contribution is 0.765. The predicted octanol–water partition coefficient (Wildman–Crippen LogP) is 3.21. The molecule has 0 fully saturated rings. The van der Waals surface area contributed by atoms with Crippen LogP contribution in [0.1, 0.15) is 29.7 Å². The van der Waals surface area contributed by atoms with Crippen LogP contribution in [-0.4, -0.2) is 9.78 Å². The normalized spacial score (nSPS) is 12.5. The first-order chi connectivity index (χ1) is 8.06. The first kappa shape index (κ1) is 11.7. The van der Waals surface area contributed by atoms with Gasteiger partial charge in [0.25, 0.3) is 0 Å². The molecule has 2 aromatic rings. The summed E-state index contributed by atoms with van der Waals surface area (Å²) in [5.41, 5.74) is 4.94. The summed E-state index contributed by atoms with van der Waals surface area (Å²) < 4.78 is 1.83. The zero-order valence-corrected chi connectivity index (χ0v) is 10.9. The molecule has 90 valence electrons. The molecule has 1 aromatic heterocycles. The van der Waals surface area contributed by atoms with Crippen LogP contribution in [0, 0.1) is 13.8 Å². The molecule has 1 N–H and O–H groups in total. The fraction of sp³-hybridized carbons (Fsp3) is 0.357. The molecule has 17 heavy (non-hydrogen) atoms. The number of aryl methyl sites for hydroxylation is 3. The molecule has 1 heterocycles. The summed E-state index contributed by atoms with van der Waals surface area (Å²) >= 11 is 0. The van der Waals surface area contributed by atoms with Crippen molar-refractivity contribution < 1.29 is 0 Å². The zero-order chi connectivity index (χ0) is 12.4. The van der Waals surface area contributed by atoms with E-state index in [9.17, 15) is 0 Å². The Labute approximate surface area is 102 Å². The van der Waals surface area contributed by atoms with Gasteiger partial charge in [0, 0.05) is 24.5 Å². The van der Waals surface area contributed by atoms with Crippen LogP contribution in [0.15, 0.2) is 30.6 Å². The van der Waals surface area contributed by atoms with Crippen LogP contribution in [0.25, 0.3) is 0 Å². The largest absolute Gasteiger partial charge is 0.378 e. The molecular formula is C14H19N3. The lowest BCUT2D eigenvalue weighted by Crippen LogP contribution is -2.07. The van der Waals surface area contributed by atoms with Crippen LogP contribution in [0.4, 0.5) is 5.69 Å². The SMILES string of the molecule is Cc1ccc(C)c(NC(C)c2cnn(C)c2)c1. The number of aromatic nitrogens is 2. The van der Waals surface area contributed by atoms with Gasteiger partial charge < -0.3 is 5.32 Å². The number of benzene rings is 1. The monoisotopic (exact) mass is 229 g/mol. The fourth-order valence-electron chi connectivity index (χ4n) is 1.87. The number of nitrogens with one attached hydrogen (secondary N) is 1. The predicted molar refractivity (Wildman–Crippen MR) is 71.2 cm³/mol. The Morgan fingerprint density at radius 1 is 1.29 bits per heavy atom.